The molecule has 0 unspecified atom stereocenters. The fourth-order valence-electron chi connectivity index (χ4n) is 1.41. The zero-order chi connectivity index (χ0) is 11.4. The molecule has 1 heterocycles. The minimum atomic E-state index is -0.408. The van der Waals surface area contributed by atoms with E-state index in [4.69, 9.17) is 0 Å². The van der Waals surface area contributed by atoms with E-state index in [1.165, 1.54) is 10.9 Å². The summed E-state index contributed by atoms with van der Waals surface area (Å²) in [5.74, 6) is -0.783. The molecule has 4 heteroatoms. The van der Waals surface area contributed by atoms with Crippen LogP contribution in [0.3, 0.4) is 0 Å². The first-order chi connectivity index (χ1) is 7.75. The normalized spacial score (nSPS) is 10.6. The van der Waals surface area contributed by atoms with Gasteiger partial charge in [0.25, 0.3) is 0 Å². The van der Waals surface area contributed by atoms with E-state index >= 15 is 0 Å². The molecule has 0 amide bonds. The Labute approximate surface area is 96.7 Å². The lowest BCUT2D eigenvalue weighted by Gasteiger charge is -2.04. The average Bonchev–Trinajstić information content (AvgIpc) is 2.76. The molecular formula is C12H11F2NS. The van der Waals surface area contributed by atoms with Crippen molar-refractivity contribution in [3.8, 4) is 0 Å². The summed E-state index contributed by atoms with van der Waals surface area (Å²) in [5, 5.41) is 5.06. The number of halogens is 2. The van der Waals surface area contributed by atoms with Crippen LogP contribution in [0.1, 0.15) is 10.4 Å². The topological polar surface area (TPSA) is 12.0 Å². The summed E-state index contributed by atoms with van der Waals surface area (Å²) in [4.78, 5) is 1.18. The highest BCUT2D eigenvalue weighted by molar-refractivity contribution is 7.09. The van der Waals surface area contributed by atoms with Gasteiger partial charge in [-0.1, -0.05) is 6.07 Å². The van der Waals surface area contributed by atoms with E-state index in [0.29, 0.717) is 18.7 Å². The number of nitrogens with one attached hydrogen (secondary N) is 1. The third-order valence-corrected chi connectivity index (χ3v) is 3.08. The van der Waals surface area contributed by atoms with Crippen LogP contribution in [0.5, 0.6) is 0 Å². The maximum Gasteiger partial charge on any atom is 0.127 e. The second-order valence-electron chi connectivity index (χ2n) is 3.42. The number of rotatable bonds is 4. The molecule has 84 valence electrons. The molecule has 0 aliphatic carbocycles. The van der Waals surface area contributed by atoms with E-state index in [0.717, 1.165) is 12.1 Å². The Morgan fingerprint density at radius 2 is 2.00 bits per heavy atom. The van der Waals surface area contributed by atoms with Gasteiger partial charge in [-0.25, -0.2) is 8.78 Å². The molecule has 16 heavy (non-hydrogen) atoms. The fourth-order valence-corrected chi connectivity index (χ4v) is 2.09. The molecule has 0 atom stereocenters. The van der Waals surface area contributed by atoms with Crippen molar-refractivity contribution in [2.45, 2.75) is 13.1 Å². The Balaban J connectivity index is 1.92. The number of hydrogen-bond acceptors (Lipinski definition) is 2. The lowest BCUT2D eigenvalue weighted by Crippen LogP contribution is -2.13. The highest BCUT2D eigenvalue weighted by Crippen LogP contribution is 2.11. The molecule has 0 aliphatic rings. The number of thiophene rings is 1. The molecule has 0 saturated heterocycles. The minimum Gasteiger partial charge on any atom is -0.308 e. The average molecular weight is 239 g/mol. The van der Waals surface area contributed by atoms with E-state index in [1.807, 2.05) is 17.5 Å². The van der Waals surface area contributed by atoms with Crippen molar-refractivity contribution in [2.24, 2.45) is 0 Å². The van der Waals surface area contributed by atoms with E-state index in [1.54, 1.807) is 11.3 Å². The predicted octanol–water partition coefficient (Wildman–Crippen LogP) is 3.32. The van der Waals surface area contributed by atoms with Crippen molar-refractivity contribution in [2.75, 3.05) is 0 Å². The van der Waals surface area contributed by atoms with Crippen LogP contribution in [-0.2, 0) is 13.1 Å². The van der Waals surface area contributed by atoms with Crippen molar-refractivity contribution in [3.05, 3.63) is 57.8 Å². The van der Waals surface area contributed by atoms with Gasteiger partial charge in [-0.2, -0.15) is 0 Å². The minimum absolute atomic E-state index is 0.335. The van der Waals surface area contributed by atoms with Gasteiger partial charge < -0.3 is 5.32 Å². The molecule has 1 nitrogen and oxygen atoms in total. The Bertz CT molecular complexity index is 454. The Morgan fingerprint density at radius 1 is 1.12 bits per heavy atom. The molecule has 0 radical (unpaired) electrons. The standard InChI is InChI=1S/C12H11F2NS/c13-10-3-4-12(14)9(6-10)7-15-8-11-2-1-5-16-11/h1-6,15H,7-8H2. The van der Waals surface area contributed by atoms with Crippen LogP contribution >= 0.6 is 11.3 Å². The van der Waals surface area contributed by atoms with Crippen LogP contribution in [0, 0.1) is 11.6 Å². The summed E-state index contributed by atoms with van der Waals surface area (Å²) in [6.45, 7) is 1.01. The smallest absolute Gasteiger partial charge is 0.127 e. The molecule has 0 spiro atoms. The SMILES string of the molecule is Fc1ccc(F)c(CNCc2cccs2)c1. The Hall–Kier alpha value is -1.26. The summed E-state index contributed by atoms with van der Waals surface area (Å²) in [5.41, 5.74) is 0.358. The van der Waals surface area contributed by atoms with Gasteiger partial charge in [-0.15, -0.1) is 11.3 Å². The molecule has 2 rings (SSSR count). The quantitative estimate of drug-likeness (QED) is 0.863. The molecule has 0 bridgehead atoms. The van der Waals surface area contributed by atoms with Gasteiger partial charge in [0.2, 0.25) is 0 Å². The lowest BCUT2D eigenvalue weighted by molar-refractivity contribution is 0.569. The van der Waals surface area contributed by atoms with Gasteiger partial charge in [-0.3, -0.25) is 0 Å². The predicted molar refractivity (Wildman–Crippen MR) is 61.2 cm³/mol. The van der Waals surface area contributed by atoms with Crippen LogP contribution in [0.2, 0.25) is 0 Å². The molecular weight excluding hydrogens is 228 g/mol. The second kappa shape index (κ2) is 5.18. The summed E-state index contributed by atoms with van der Waals surface area (Å²) in [6.07, 6.45) is 0. The van der Waals surface area contributed by atoms with E-state index in [-0.39, 0.29) is 5.82 Å². The fraction of sp³-hybridized carbons (Fsp3) is 0.167. The summed E-state index contributed by atoms with van der Waals surface area (Å²) >= 11 is 1.64. The zero-order valence-electron chi connectivity index (χ0n) is 8.54. The van der Waals surface area contributed by atoms with Gasteiger partial charge in [-0.05, 0) is 29.6 Å². The molecule has 0 fully saturated rings. The highest BCUT2D eigenvalue weighted by atomic mass is 32.1. The Morgan fingerprint density at radius 3 is 2.75 bits per heavy atom. The van der Waals surface area contributed by atoms with Crippen molar-refractivity contribution < 1.29 is 8.78 Å². The first-order valence-electron chi connectivity index (χ1n) is 4.93. The monoisotopic (exact) mass is 239 g/mol. The van der Waals surface area contributed by atoms with Crippen LogP contribution in [-0.4, -0.2) is 0 Å². The van der Waals surface area contributed by atoms with E-state index in [9.17, 15) is 8.78 Å². The van der Waals surface area contributed by atoms with E-state index < -0.39 is 5.82 Å². The van der Waals surface area contributed by atoms with Crippen LogP contribution in [0.4, 0.5) is 8.78 Å². The van der Waals surface area contributed by atoms with Crippen LogP contribution in [0.25, 0.3) is 0 Å². The van der Waals surface area contributed by atoms with Crippen LogP contribution in [0.15, 0.2) is 35.7 Å². The molecule has 1 aromatic heterocycles. The van der Waals surface area contributed by atoms with Gasteiger partial charge in [0.05, 0.1) is 0 Å². The van der Waals surface area contributed by atoms with Crippen molar-refractivity contribution in [1.29, 1.82) is 0 Å². The first-order valence-corrected chi connectivity index (χ1v) is 5.81. The molecule has 1 N–H and O–H groups in total. The third kappa shape index (κ3) is 2.87. The van der Waals surface area contributed by atoms with Gasteiger partial charge in [0.15, 0.2) is 0 Å². The zero-order valence-corrected chi connectivity index (χ0v) is 9.36. The summed E-state index contributed by atoms with van der Waals surface area (Å²) in [6, 6.07) is 7.45. The maximum absolute atomic E-state index is 13.2. The number of hydrogen-bond donors (Lipinski definition) is 1. The lowest BCUT2D eigenvalue weighted by atomic mass is 10.2. The van der Waals surface area contributed by atoms with Gasteiger partial charge in [0.1, 0.15) is 11.6 Å². The van der Waals surface area contributed by atoms with Crippen LogP contribution < -0.4 is 5.32 Å². The number of benzene rings is 1. The second-order valence-corrected chi connectivity index (χ2v) is 4.45. The summed E-state index contributed by atoms with van der Waals surface area (Å²) in [7, 11) is 0. The van der Waals surface area contributed by atoms with Crippen molar-refractivity contribution in [1.82, 2.24) is 5.32 Å². The third-order valence-electron chi connectivity index (χ3n) is 2.20. The molecule has 0 aliphatic heterocycles. The Kier molecular flexibility index (Phi) is 3.64. The van der Waals surface area contributed by atoms with Crippen molar-refractivity contribution in [3.63, 3.8) is 0 Å². The molecule has 0 saturated carbocycles. The molecule has 2 aromatic rings. The summed E-state index contributed by atoms with van der Waals surface area (Å²) < 4.78 is 26.1. The van der Waals surface area contributed by atoms with Gasteiger partial charge >= 0.3 is 0 Å². The van der Waals surface area contributed by atoms with Gasteiger partial charge in [0, 0.05) is 23.5 Å². The largest absolute Gasteiger partial charge is 0.308 e. The maximum atomic E-state index is 13.2. The highest BCUT2D eigenvalue weighted by Gasteiger charge is 2.03. The van der Waals surface area contributed by atoms with E-state index in [2.05, 4.69) is 5.32 Å². The first kappa shape index (κ1) is 11.2. The molecule has 1 aromatic carbocycles. The van der Waals surface area contributed by atoms with Crippen molar-refractivity contribution >= 4 is 11.3 Å².